The van der Waals surface area contributed by atoms with E-state index in [1.165, 1.54) is 18.2 Å². The Labute approximate surface area is 213 Å². The number of nitrogens with two attached hydrogens (primary N) is 1. The number of hydrogen-bond donors (Lipinski definition) is 3. The quantitative estimate of drug-likeness (QED) is 0.371. The van der Waals surface area contributed by atoms with Crippen LogP contribution in [0, 0.1) is 6.92 Å². The number of phenols is 1. The molecule has 1 aliphatic carbocycles. The number of fused-ring (bicyclic) bond motifs is 3. The van der Waals surface area contributed by atoms with Gasteiger partial charge in [-0.05, 0) is 73.9 Å². The van der Waals surface area contributed by atoms with Crippen LogP contribution >= 0.6 is 0 Å². The summed E-state index contributed by atoms with van der Waals surface area (Å²) in [5.41, 5.74) is 10.8. The molecule has 5 rings (SSSR count). The highest BCUT2D eigenvalue weighted by Crippen LogP contribution is 2.38. The molecule has 0 saturated heterocycles. The van der Waals surface area contributed by atoms with E-state index in [4.69, 9.17) is 5.73 Å². The first kappa shape index (κ1) is 24.3. The standard InChI is InChI=1S/C27H24N4O5S/c1-15-20(4-3-5-23(15)32)27(34)29-17-8-6-16-7-13-21-24(26(28)33)30-31(25(21)22(16)14-17)18-9-11-19(12-10-18)37(2,35)36/h3-6,8-12,14,32H,7,13H2,1-2H3,(H2,28,33)(H,29,34). The second kappa shape index (κ2) is 8.90. The first-order valence-electron chi connectivity index (χ1n) is 11.5. The average molecular weight is 517 g/mol. The third kappa shape index (κ3) is 4.36. The molecule has 4 aromatic rings. The third-order valence-electron chi connectivity index (χ3n) is 6.54. The molecule has 0 aliphatic heterocycles. The largest absolute Gasteiger partial charge is 0.508 e. The maximum Gasteiger partial charge on any atom is 0.269 e. The molecule has 1 heterocycles. The molecule has 37 heavy (non-hydrogen) atoms. The van der Waals surface area contributed by atoms with Crippen LogP contribution in [-0.2, 0) is 22.7 Å². The van der Waals surface area contributed by atoms with E-state index in [1.807, 2.05) is 12.1 Å². The van der Waals surface area contributed by atoms with Crippen molar-refractivity contribution in [1.82, 2.24) is 9.78 Å². The Balaban J connectivity index is 1.60. The molecule has 1 aromatic heterocycles. The predicted octanol–water partition coefficient (Wildman–Crippen LogP) is 3.41. The van der Waals surface area contributed by atoms with Crippen LogP contribution in [0.1, 0.15) is 37.5 Å². The van der Waals surface area contributed by atoms with Gasteiger partial charge in [0.05, 0.1) is 16.3 Å². The Morgan fingerprint density at radius 2 is 1.78 bits per heavy atom. The monoisotopic (exact) mass is 516 g/mol. The topological polar surface area (TPSA) is 144 Å². The summed E-state index contributed by atoms with van der Waals surface area (Å²) in [5, 5.41) is 17.3. The fraction of sp³-hybridized carbons (Fsp3) is 0.148. The Morgan fingerprint density at radius 1 is 1.05 bits per heavy atom. The van der Waals surface area contributed by atoms with Crippen molar-refractivity contribution in [2.75, 3.05) is 11.6 Å². The highest BCUT2D eigenvalue weighted by Gasteiger charge is 2.28. The minimum Gasteiger partial charge on any atom is -0.508 e. The van der Waals surface area contributed by atoms with Crippen molar-refractivity contribution in [3.05, 3.63) is 88.6 Å². The first-order chi connectivity index (χ1) is 17.5. The van der Waals surface area contributed by atoms with E-state index in [0.717, 1.165) is 17.4 Å². The molecule has 9 nitrogen and oxygen atoms in total. The number of aromatic hydroxyl groups is 1. The maximum atomic E-state index is 12.9. The number of rotatable bonds is 5. The van der Waals surface area contributed by atoms with E-state index in [9.17, 15) is 23.1 Å². The highest BCUT2D eigenvalue weighted by atomic mass is 32.2. The summed E-state index contributed by atoms with van der Waals surface area (Å²) in [4.78, 5) is 25.3. The zero-order chi connectivity index (χ0) is 26.5. The van der Waals surface area contributed by atoms with Crippen LogP contribution in [0.2, 0.25) is 0 Å². The van der Waals surface area contributed by atoms with Gasteiger partial charge in [0.25, 0.3) is 11.8 Å². The maximum absolute atomic E-state index is 12.9. The van der Waals surface area contributed by atoms with Crippen molar-refractivity contribution in [2.24, 2.45) is 5.73 Å². The average Bonchev–Trinajstić information content (AvgIpc) is 3.26. The van der Waals surface area contributed by atoms with Crippen LogP contribution in [0.4, 0.5) is 5.69 Å². The van der Waals surface area contributed by atoms with Crippen molar-refractivity contribution in [3.8, 4) is 22.7 Å². The Kier molecular flexibility index (Phi) is 5.83. The van der Waals surface area contributed by atoms with Gasteiger partial charge >= 0.3 is 0 Å². The zero-order valence-corrected chi connectivity index (χ0v) is 21.0. The lowest BCUT2D eigenvalue weighted by molar-refractivity contribution is 0.0992. The number of hydrogen-bond acceptors (Lipinski definition) is 6. The summed E-state index contributed by atoms with van der Waals surface area (Å²) < 4.78 is 25.4. The molecule has 0 spiro atoms. The Morgan fingerprint density at radius 3 is 2.46 bits per heavy atom. The van der Waals surface area contributed by atoms with Gasteiger partial charge < -0.3 is 16.2 Å². The predicted molar refractivity (Wildman–Crippen MR) is 139 cm³/mol. The van der Waals surface area contributed by atoms with Crippen molar-refractivity contribution in [3.63, 3.8) is 0 Å². The summed E-state index contributed by atoms with van der Waals surface area (Å²) >= 11 is 0. The molecule has 1 aliphatic rings. The van der Waals surface area contributed by atoms with Gasteiger partial charge in [0.1, 0.15) is 5.75 Å². The van der Waals surface area contributed by atoms with Gasteiger partial charge in [0, 0.05) is 34.2 Å². The number of anilines is 1. The van der Waals surface area contributed by atoms with Crippen molar-refractivity contribution in [2.45, 2.75) is 24.7 Å². The lowest BCUT2D eigenvalue weighted by Crippen LogP contribution is -2.16. The Hall–Kier alpha value is -4.44. The van der Waals surface area contributed by atoms with Gasteiger partial charge in [-0.3, -0.25) is 9.59 Å². The number of carbonyl (C=O) groups excluding carboxylic acids is 2. The molecule has 0 bridgehead atoms. The summed E-state index contributed by atoms with van der Waals surface area (Å²) in [7, 11) is -3.38. The van der Waals surface area contributed by atoms with Crippen LogP contribution in [0.15, 0.2) is 65.6 Å². The number of aryl methyl sites for hydroxylation is 1. The molecule has 0 atom stereocenters. The van der Waals surface area contributed by atoms with E-state index in [2.05, 4.69) is 10.4 Å². The smallest absolute Gasteiger partial charge is 0.269 e. The molecule has 2 amide bonds. The summed E-state index contributed by atoms with van der Waals surface area (Å²) in [6.07, 6.45) is 2.34. The van der Waals surface area contributed by atoms with Gasteiger partial charge in [0.15, 0.2) is 15.5 Å². The first-order valence-corrected chi connectivity index (χ1v) is 13.4. The molecule has 10 heteroatoms. The van der Waals surface area contributed by atoms with Gasteiger partial charge in [-0.1, -0.05) is 12.1 Å². The molecular weight excluding hydrogens is 492 g/mol. The molecular formula is C27H24N4O5S. The number of aromatic nitrogens is 2. The minimum atomic E-state index is -3.38. The molecule has 3 aromatic carbocycles. The van der Waals surface area contributed by atoms with Crippen LogP contribution < -0.4 is 11.1 Å². The minimum absolute atomic E-state index is 0.0347. The van der Waals surface area contributed by atoms with Gasteiger partial charge in [-0.2, -0.15) is 5.10 Å². The van der Waals surface area contributed by atoms with Crippen molar-refractivity contribution >= 4 is 27.3 Å². The van der Waals surface area contributed by atoms with Crippen molar-refractivity contribution < 1.29 is 23.1 Å². The summed E-state index contributed by atoms with van der Waals surface area (Å²) in [6, 6.07) is 16.5. The fourth-order valence-electron chi connectivity index (χ4n) is 4.60. The second-order valence-corrected chi connectivity index (χ2v) is 11.0. The molecule has 188 valence electrons. The number of nitrogens with one attached hydrogen (secondary N) is 1. The van der Waals surface area contributed by atoms with E-state index < -0.39 is 15.7 Å². The number of primary amides is 1. The SMILES string of the molecule is Cc1c(O)cccc1C(=O)Nc1ccc2c(c1)-c1c(c(C(N)=O)nn1-c1ccc(S(C)(=O)=O)cc1)CC2. The molecule has 0 fully saturated rings. The third-order valence-corrected chi connectivity index (χ3v) is 7.67. The fourth-order valence-corrected chi connectivity index (χ4v) is 5.23. The van der Waals surface area contributed by atoms with Crippen molar-refractivity contribution in [1.29, 1.82) is 0 Å². The number of sulfone groups is 1. The van der Waals surface area contributed by atoms with Crippen LogP contribution in [0.25, 0.3) is 16.9 Å². The molecule has 0 saturated carbocycles. The number of nitrogens with zero attached hydrogens (tertiary/aromatic N) is 2. The number of benzene rings is 3. The zero-order valence-electron chi connectivity index (χ0n) is 20.1. The van der Waals surface area contributed by atoms with Gasteiger partial charge in [-0.15, -0.1) is 0 Å². The van der Waals surface area contributed by atoms with Crippen LogP contribution in [0.5, 0.6) is 5.75 Å². The number of carbonyl (C=O) groups is 2. The molecule has 0 unspecified atom stereocenters. The lowest BCUT2D eigenvalue weighted by Gasteiger charge is -2.20. The number of phenolic OH excluding ortho intramolecular Hbond substituents is 1. The molecule has 0 radical (unpaired) electrons. The van der Waals surface area contributed by atoms with Gasteiger partial charge in [-0.25, -0.2) is 13.1 Å². The Bertz CT molecular complexity index is 1690. The number of amides is 2. The van der Waals surface area contributed by atoms with Gasteiger partial charge in [0.2, 0.25) is 0 Å². The van der Waals surface area contributed by atoms with E-state index in [1.54, 1.807) is 41.9 Å². The van der Waals surface area contributed by atoms with E-state index in [0.29, 0.717) is 46.6 Å². The lowest BCUT2D eigenvalue weighted by atomic mass is 9.88. The second-order valence-electron chi connectivity index (χ2n) is 8.99. The summed E-state index contributed by atoms with van der Waals surface area (Å²) in [6.45, 7) is 1.67. The summed E-state index contributed by atoms with van der Waals surface area (Å²) in [5.74, 6) is -0.991. The highest BCUT2D eigenvalue weighted by molar-refractivity contribution is 7.90. The van der Waals surface area contributed by atoms with Crippen LogP contribution in [0.3, 0.4) is 0 Å². The van der Waals surface area contributed by atoms with E-state index >= 15 is 0 Å². The molecule has 4 N–H and O–H groups in total. The normalized spacial score (nSPS) is 12.5. The van der Waals surface area contributed by atoms with Crippen LogP contribution in [-0.4, -0.2) is 41.4 Å². The van der Waals surface area contributed by atoms with E-state index in [-0.39, 0.29) is 22.2 Å².